The minimum absolute atomic E-state index is 0.0381. The van der Waals surface area contributed by atoms with Crippen LogP contribution in [0, 0.1) is 5.92 Å². The van der Waals surface area contributed by atoms with Gasteiger partial charge in [0.25, 0.3) is 9.05 Å². The Kier molecular flexibility index (Phi) is 6.29. The lowest BCUT2D eigenvalue weighted by molar-refractivity contribution is -0.121. The average molecular weight is 324 g/mol. The third-order valence-corrected chi connectivity index (χ3v) is 6.04. The minimum Gasteiger partial charge on any atom is -0.356 e. The molecule has 0 radical (unpaired) electrons. The van der Waals surface area contributed by atoms with Crippen molar-refractivity contribution in [3.05, 3.63) is 17.0 Å². The number of thiophene rings is 1. The molecule has 1 heterocycles. The van der Waals surface area contributed by atoms with Gasteiger partial charge in [-0.3, -0.25) is 4.79 Å². The molecular formula is C12H18ClNO3S2. The molecule has 0 fully saturated rings. The Labute approximate surface area is 122 Å². The van der Waals surface area contributed by atoms with Crippen LogP contribution < -0.4 is 5.32 Å². The summed E-state index contributed by atoms with van der Waals surface area (Å²) < 4.78 is 22.3. The summed E-state index contributed by atoms with van der Waals surface area (Å²) in [6.45, 7) is 4.60. The van der Waals surface area contributed by atoms with Gasteiger partial charge in [0.1, 0.15) is 4.21 Å². The molecule has 1 unspecified atom stereocenters. The van der Waals surface area contributed by atoms with Crippen LogP contribution in [-0.4, -0.2) is 20.9 Å². The molecule has 7 heteroatoms. The lowest BCUT2D eigenvalue weighted by atomic mass is 10.1. The van der Waals surface area contributed by atoms with E-state index in [4.69, 9.17) is 10.7 Å². The summed E-state index contributed by atoms with van der Waals surface area (Å²) in [6.07, 6.45) is 2.13. The molecule has 0 bridgehead atoms. The highest BCUT2D eigenvalue weighted by atomic mass is 35.7. The summed E-state index contributed by atoms with van der Waals surface area (Å²) in [5.74, 6) is 0.422. The van der Waals surface area contributed by atoms with Gasteiger partial charge in [-0.1, -0.05) is 20.3 Å². The van der Waals surface area contributed by atoms with Crippen LogP contribution in [0.15, 0.2) is 16.3 Å². The smallest absolute Gasteiger partial charge is 0.270 e. The van der Waals surface area contributed by atoms with Gasteiger partial charge in [0, 0.05) is 28.5 Å². The van der Waals surface area contributed by atoms with Gasteiger partial charge in [0.2, 0.25) is 5.91 Å². The quantitative estimate of drug-likeness (QED) is 0.785. The SMILES string of the molecule is CCC(C)CC(=O)NCCc1ccc(S(=O)(=O)Cl)s1. The predicted octanol–water partition coefficient (Wildman–Crippen LogP) is 2.77. The van der Waals surface area contributed by atoms with Crippen molar-refractivity contribution in [1.29, 1.82) is 0 Å². The monoisotopic (exact) mass is 323 g/mol. The van der Waals surface area contributed by atoms with E-state index in [1.807, 2.05) is 6.92 Å². The normalized spacial score (nSPS) is 13.2. The van der Waals surface area contributed by atoms with Gasteiger partial charge in [-0.15, -0.1) is 11.3 Å². The predicted molar refractivity (Wildman–Crippen MR) is 78.1 cm³/mol. The number of carbonyl (C=O) groups excluding carboxylic acids is 1. The standard InChI is InChI=1S/C12H18ClNO3S2/c1-3-9(2)8-11(15)14-7-6-10-4-5-12(18-10)19(13,16)17/h4-5,9H,3,6-8H2,1-2H3,(H,14,15). The van der Waals surface area contributed by atoms with Crippen LogP contribution in [-0.2, 0) is 20.3 Å². The largest absolute Gasteiger partial charge is 0.356 e. The van der Waals surface area contributed by atoms with Crippen LogP contribution in [0.3, 0.4) is 0 Å². The van der Waals surface area contributed by atoms with E-state index in [0.717, 1.165) is 22.6 Å². The Morgan fingerprint density at radius 1 is 1.47 bits per heavy atom. The maximum atomic E-state index is 11.5. The number of amides is 1. The number of halogens is 1. The van der Waals surface area contributed by atoms with E-state index in [1.54, 1.807) is 6.07 Å². The lowest BCUT2D eigenvalue weighted by Crippen LogP contribution is -2.26. The molecule has 0 aliphatic heterocycles. The summed E-state index contributed by atoms with van der Waals surface area (Å²) >= 11 is 1.14. The molecule has 1 N–H and O–H groups in total. The van der Waals surface area contributed by atoms with Crippen molar-refractivity contribution in [3.8, 4) is 0 Å². The minimum atomic E-state index is -3.64. The highest BCUT2D eigenvalue weighted by molar-refractivity contribution is 8.15. The summed E-state index contributed by atoms with van der Waals surface area (Å²) in [7, 11) is 1.60. The maximum Gasteiger partial charge on any atom is 0.270 e. The van der Waals surface area contributed by atoms with E-state index in [9.17, 15) is 13.2 Å². The summed E-state index contributed by atoms with van der Waals surface area (Å²) in [5, 5.41) is 2.83. The highest BCUT2D eigenvalue weighted by Gasteiger charge is 2.13. The van der Waals surface area contributed by atoms with Crippen LogP contribution in [0.2, 0.25) is 0 Å². The zero-order chi connectivity index (χ0) is 14.5. The summed E-state index contributed by atoms with van der Waals surface area (Å²) in [4.78, 5) is 12.4. The fourth-order valence-corrected chi connectivity index (χ4v) is 3.60. The Morgan fingerprint density at radius 2 is 2.16 bits per heavy atom. The van der Waals surface area contributed by atoms with Crippen molar-refractivity contribution in [3.63, 3.8) is 0 Å². The zero-order valence-corrected chi connectivity index (χ0v) is 13.4. The summed E-state index contributed by atoms with van der Waals surface area (Å²) in [5.41, 5.74) is 0. The molecule has 1 rings (SSSR count). The molecule has 4 nitrogen and oxygen atoms in total. The van der Waals surface area contributed by atoms with Crippen LogP contribution in [0.25, 0.3) is 0 Å². The first-order valence-electron chi connectivity index (χ1n) is 6.13. The molecule has 0 aromatic carbocycles. The second-order valence-electron chi connectivity index (χ2n) is 4.48. The van der Waals surface area contributed by atoms with E-state index in [0.29, 0.717) is 25.3 Å². The first kappa shape index (κ1) is 16.5. The Bertz CT molecular complexity index is 525. The first-order valence-corrected chi connectivity index (χ1v) is 9.25. The molecular weight excluding hydrogens is 306 g/mol. The fraction of sp³-hybridized carbons (Fsp3) is 0.583. The van der Waals surface area contributed by atoms with Gasteiger partial charge >= 0.3 is 0 Å². The Balaban J connectivity index is 2.38. The van der Waals surface area contributed by atoms with Crippen molar-refractivity contribution >= 4 is 37.0 Å². The van der Waals surface area contributed by atoms with E-state index in [1.165, 1.54) is 6.07 Å². The van der Waals surface area contributed by atoms with Crippen LogP contribution in [0.1, 0.15) is 31.6 Å². The van der Waals surface area contributed by atoms with Gasteiger partial charge in [-0.05, 0) is 24.5 Å². The number of carbonyl (C=O) groups is 1. The molecule has 0 aliphatic carbocycles. The number of hydrogen-bond acceptors (Lipinski definition) is 4. The second kappa shape index (κ2) is 7.26. The third kappa shape index (κ3) is 5.93. The molecule has 0 aliphatic rings. The molecule has 0 saturated heterocycles. The van der Waals surface area contributed by atoms with Gasteiger partial charge in [0.15, 0.2) is 0 Å². The maximum absolute atomic E-state index is 11.5. The lowest BCUT2D eigenvalue weighted by Gasteiger charge is -2.08. The van der Waals surface area contributed by atoms with Crippen LogP contribution in [0.5, 0.6) is 0 Å². The van der Waals surface area contributed by atoms with Gasteiger partial charge < -0.3 is 5.32 Å². The fourth-order valence-electron chi connectivity index (χ4n) is 1.48. The molecule has 0 spiro atoms. The van der Waals surface area contributed by atoms with Gasteiger partial charge in [-0.2, -0.15) is 0 Å². The molecule has 1 aromatic heterocycles. The van der Waals surface area contributed by atoms with Crippen molar-refractivity contribution in [2.45, 2.75) is 37.3 Å². The van der Waals surface area contributed by atoms with Crippen molar-refractivity contribution in [2.75, 3.05) is 6.54 Å². The van der Waals surface area contributed by atoms with E-state index in [-0.39, 0.29) is 10.1 Å². The van der Waals surface area contributed by atoms with E-state index in [2.05, 4.69) is 12.2 Å². The average Bonchev–Trinajstić information content (AvgIpc) is 2.77. The van der Waals surface area contributed by atoms with Crippen molar-refractivity contribution in [1.82, 2.24) is 5.32 Å². The topological polar surface area (TPSA) is 63.2 Å². The van der Waals surface area contributed by atoms with Gasteiger partial charge in [0.05, 0.1) is 0 Å². The Hall–Kier alpha value is -0.590. The zero-order valence-electron chi connectivity index (χ0n) is 11.0. The molecule has 1 atom stereocenters. The summed E-state index contributed by atoms with van der Waals surface area (Å²) in [6, 6.07) is 3.21. The molecule has 1 aromatic rings. The van der Waals surface area contributed by atoms with Crippen molar-refractivity contribution in [2.24, 2.45) is 5.92 Å². The second-order valence-corrected chi connectivity index (χ2v) is 8.44. The highest BCUT2D eigenvalue weighted by Crippen LogP contribution is 2.24. The number of rotatable bonds is 7. The molecule has 19 heavy (non-hydrogen) atoms. The first-order chi connectivity index (χ1) is 8.82. The van der Waals surface area contributed by atoms with Gasteiger partial charge in [-0.25, -0.2) is 8.42 Å². The number of nitrogens with one attached hydrogen (secondary N) is 1. The third-order valence-electron chi connectivity index (χ3n) is 2.80. The molecule has 108 valence electrons. The van der Waals surface area contributed by atoms with E-state index < -0.39 is 9.05 Å². The van der Waals surface area contributed by atoms with Crippen LogP contribution >= 0.6 is 22.0 Å². The van der Waals surface area contributed by atoms with Crippen LogP contribution in [0.4, 0.5) is 0 Å². The van der Waals surface area contributed by atoms with Crippen molar-refractivity contribution < 1.29 is 13.2 Å². The molecule has 1 amide bonds. The number of hydrogen-bond donors (Lipinski definition) is 1. The van der Waals surface area contributed by atoms with E-state index >= 15 is 0 Å². The Morgan fingerprint density at radius 3 is 2.68 bits per heavy atom. The molecule has 0 saturated carbocycles.